The Morgan fingerprint density at radius 2 is 1.80 bits per heavy atom. The predicted octanol–water partition coefficient (Wildman–Crippen LogP) is 1.73. The molecule has 180 valence electrons. The third-order valence-electron chi connectivity index (χ3n) is 7.08. The molecule has 2 aromatic carbocycles. The lowest BCUT2D eigenvalue weighted by molar-refractivity contribution is -0.142. The molecule has 0 bridgehead atoms. The zero-order valence-corrected chi connectivity index (χ0v) is 19.0. The van der Waals surface area contributed by atoms with Crippen LogP contribution in [0.3, 0.4) is 0 Å². The number of nitrogens with one attached hydrogen (secondary N) is 1. The van der Waals surface area contributed by atoms with E-state index in [1.165, 1.54) is 4.90 Å². The van der Waals surface area contributed by atoms with Gasteiger partial charge in [-0.05, 0) is 43.0 Å². The monoisotopic (exact) mass is 475 g/mol. The first kappa shape index (κ1) is 22.9. The van der Waals surface area contributed by atoms with Gasteiger partial charge < -0.3 is 10.0 Å². The zero-order chi connectivity index (χ0) is 24.7. The maximum absolute atomic E-state index is 13.4. The van der Waals surface area contributed by atoms with Crippen molar-refractivity contribution in [1.82, 2.24) is 15.1 Å². The van der Waals surface area contributed by atoms with Gasteiger partial charge in [-0.2, -0.15) is 0 Å². The van der Waals surface area contributed by atoms with E-state index >= 15 is 0 Å². The van der Waals surface area contributed by atoms with E-state index in [1.54, 1.807) is 30.3 Å². The van der Waals surface area contributed by atoms with Crippen LogP contribution >= 0.6 is 0 Å². The fourth-order valence-electron chi connectivity index (χ4n) is 5.24. The van der Waals surface area contributed by atoms with Gasteiger partial charge in [0.25, 0.3) is 5.91 Å². The fourth-order valence-corrected chi connectivity index (χ4v) is 5.24. The van der Waals surface area contributed by atoms with Crippen molar-refractivity contribution in [2.24, 2.45) is 0 Å². The second kappa shape index (κ2) is 9.07. The van der Waals surface area contributed by atoms with Gasteiger partial charge in [0.15, 0.2) is 5.78 Å². The minimum atomic E-state index is -0.812. The Bertz CT molecular complexity index is 1240. The molecule has 0 aromatic heterocycles. The maximum Gasteiger partial charge on any atom is 0.320 e. The first-order valence-electron chi connectivity index (χ1n) is 11.7. The molecule has 3 aliphatic rings. The molecular weight excluding hydrogens is 450 g/mol. The van der Waals surface area contributed by atoms with Crippen LogP contribution in [0.5, 0.6) is 0 Å². The largest absolute Gasteiger partial charge is 0.480 e. The molecule has 2 N–H and O–H groups in total. The first-order chi connectivity index (χ1) is 16.8. The van der Waals surface area contributed by atoms with E-state index in [9.17, 15) is 29.1 Å². The smallest absolute Gasteiger partial charge is 0.320 e. The van der Waals surface area contributed by atoms with E-state index in [0.717, 1.165) is 18.5 Å². The van der Waals surface area contributed by atoms with Gasteiger partial charge in [-0.15, -0.1) is 0 Å². The molecule has 0 saturated carbocycles. The number of amides is 3. The highest BCUT2D eigenvalue weighted by Gasteiger charge is 2.40. The molecule has 5 rings (SSSR count). The number of hydrogen-bond donors (Lipinski definition) is 2. The number of hydrogen-bond acceptors (Lipinski definition) is 6. The predicted molar refractivity (Wildman–Crippen MR) is 123 cm³/mol. The third kappa shape index (κ3) is 4.23. The molecule has 9 nitrogen and oxygen atoms in total. The molecule has 2 saturated heterocycles. The highest BCUT2D eigenvalue weighted by atomic mass is 16.4. The van der Waals surface area contributed by atoms with Crippen molar-refractivity contribution in [1.29, 1.82) is 0 Å². The van der Waals surface area contributed by atoms with Crippen molar-refractivity contribution < 1.29 is 29.1 Å². The summed E-state index contributed by atoms with van der Waals surface area (Å²) in [6, 6.07) is 10.9. The highest BCUT2D eigenvalue weighted by Crippen LogP contribution is 2.31. The molecule has 0 aliphatic carbocycles. The summed E-state index contributed by atoms with van der Waals surface area (Å²) < 4.78 is 0. The van der Waals surface area contributed by atoms with Crippen molar-refractivity contribution in [2.45, 2.75) is 50.9 Å². The second-order valence-electron chi connectivity index (χ2n) is 9.22. The molecule has 2 unspecified atom stereocenters. The Morgan fingerprint density at radius 1 is 1.03 bits per heavy atom. The number of imide groups is 1. The zero-order valence-electron chi connectivity index (χ0n) is 19.0. The number of ketones is 1. The fraction of sp³-hybridized carbons (Fsp3) is 0.346. The van der Waals surface area contributed by atoms with Crippen LogP contribution in [0.4, 0.5) is 0 Å². The van der Waals surface area contributed by atoms with Gasteiger partial charge in [0, 0.05) is 36.2 Å². The topological polar surface area (TPSA) is 124 Å². The molecule has 2 atom stereocenters. The van der Waals surface area contributed by atoms with Crippen molar-refractivity contribution >= 4 is 29.5 Å². The van der Waals surface area contributed by atoms with Gasteiger partial charge >= 0.3 is 5.97 Å². The molecular formula is C26H25N3O6. The van der Waals surface area contributed by atoms with E-state index < -0.39 is 24.0 Å². The van der Waals surface area contributed by atoms with E-state index in [1.807, 2.05) is 17.0 Å². The third-order valence-corrected chi connectivity index (χ3v) is 7.08. The summed E-state index contributed by atoms with van der Waals surface area (Å²) in [4.78, 5) is 65.0. The van der Waals surface area contributed by atoms with Crippen LogP contribution in [-0.2, 0) is 27.5 Å². The summed E-state index contributed by atoms with van der Waals surface area (Å²) in [5.74, 6) is -2.20. The SMILES string of the molecule is O=C1CCC(N2Cc3c(C(=O)c4ccc(CN5CCCC5C(=O)O)cc4)cccc3C2=O)C(=O)N1. The first-order valence-corrected chi connectivity index (χ1v) is 11.7. The number of benzene rings is 2. The van der Waals surface area contributed by atoms with Crippen molar-refractivity contribution in [3.05, 3.63) is 70.3 Å². The van der Waals surface area contributed by atoms with Gasteiger partial charge in [-0.25, -0.2) is 0 Å². The van der Waals surface area contributed by atoms with Gasteiger partial charge in [0.1, 0.15) is 12.1 Å². The minimum absolute atomic E-state index is 0.131. The van der Waals surface area contributed by atoms with E-state index in [0.29, 0.717) is 35.2 Å². The Hall–Kier alpha value is -3.85. The van der Waals surface area contributed by atoms with E-state index in [4.69, 9.17) is 0 Å². The van der Waals surface area contributed by atoms with Crippen LogP contribution in [0.2, 0.25) is 0 Å². The molecule has 9 heteroatoms. The molecule has 2 aromatic rings. The number of carboxylic acid groups (broad SMARTS) is 1. The summed E-state index contributed by atoms with van der Waals surface area (Å²) in [6.45, 7) is 1.36. The van der Waals surface area contributed by atoms with Gasteiger partial charge in [-0.1, -0.05) is 36.4 Å². The van der Waals surface area contributed by atoms with E-state index in [2.05, 4.69) is 5.32 Å². The molecule has 3 heterocycles. The van der Waals surface area contributed by atoms with Crippen LogP contribution in [0.15, 0.2) is 42.5 Å². The molecule has 0 radical (unpaired) electrons. The standard InChI is InChI=1S/C26H25N3O6/c30-22-11-10-20(24(32)27-22)29-14-19-17(3-1-4-18(19)25(29)33)23(31)16-8-6-15(7-9-16)13-28-12-2-5-21(28)26(34)35/h1,3-4,6-9,20-21H,2,5,10-14H2,(H,34,35)(H,27,30,32). The van der Waals surface area contributed by atoms with Crippen molar-refractivity contribution in [3.8, 4) is 0 Å². The number of aliphatic carboxylic acids is 1. The Morgan fingerprint density at radius 3 is 2.51 bits per heavy atom. The minimum Gasteiger partial charge on any atom is -0.480 e. The molecule has 3 amide bonds. The van der Waals surface area contributed by atoms with Crippen molar-refractivity contribution in [2.75, 3.05) is 6.54 Å². The number of fused-ring (bicyclic) bond motifs is 1. The summed E-state index contributed by atoms with van der Waals surface area (Å²) in [5.41, 5.74) is 2.77. The number of rotatable bonds is 6. The normalized spacial score (nSPS) is 22.3. The molecule has 2 fully saturated rings. The van der Waals surface area contributed by atoms with Gasteiger partial charge in [-0.3, -0.25) is 34.2 Å². The summed E-state index contributed by atoms with van der Waals surface area (Å²) in [7, 11) is 0. The van der Waals surface area contributed by atoms with Crippen LogP contribution in [0.1, 0.15) is 63.1 Å². The lowest BCUT2D eigenvalue weighted by Gasteiger charge is -2.29. The van der Waals surface area contributed by atoms with Gasteiger partial charge in [0.05, 0.1) is 0 Å². The summed E-state index contributed by atoms with van der Waals surface area (Å²) >= 11 is 0. The Labute approximate surface area is 201 Å². The van der Waals surface area contributed by atoms with Gasteiger partial charge in [0.2, 0.25) is 11.8 Å². The number of likely N-dealkylation sites (tertiary alicyclic amines) is 1. The Kier molecular flexibility index (Phi) is 5.94. The van der Waals surface area contributed by atoms with Crippen LogP contribution in [0, 0.1) is 0 Å². The number of nitrogens with zero attached hydrogens (tertiary/aromatic N) is 2. The maximum atomic E-state index is 13.4. The second-order valence-corrected chi connectivity index (χ2v) is 9.22. The highest BCUT2D eigenvalue weighted by molar-refractivity contribution is 6.13. The molecule has 3 aliphatic heterocycles. The van der Waals surface area contributed by atoms with Crippen LogP contribution < -0.4 is 5.32 Å². The Balaban J connectivity index is 1.34. The van der Waals surface area contributed by atoms with Crippen molar-refractivity contribution in [3.63, 3.8) is 0 Å². The number of piperidine rings is 1. The summed E-state index contributed by atoms with van der Waals surface area (Å²) in [6.07, 6.45) is 1.91. The average molecular weight is 476 g/mol. The lowest BCUT2D eigenvalue weighted by Crippen LogP contribution is -2.52. The summed E-state index contributed by atoms with van der Waals surface area (Å²) in [5, 5.41) is 11.7. The van der Waals surface area contributed by atoms with E-state index in [-0.39, 0.29) is 37.0 Å². The number of carbonyl (C=O) groups excluding carboxylic acids is 4. The quantitative estimate of drug-likeness (QED) is 0.482. The molecule has 0 spiro atoms. The number of carboxylic acids is 1. The number of carbonyl (C=O) groups is 5. The molecule has 35 heavy (non-hydrogen) atoms. The average Bonchev–Trinajstić information content (AvgIpc) is 3.44. The van der Waals surface area contributed by atoms with Crippen LogP contribution in [-0.4, -0.2) is 63.0 Å². The lowest BCUT2D eigenvalue weighted by atomic mass is 9.95. The van der Waals surface area contributed by atoms with Crippen LogP contribution in [0.25, 0.3) is 0 Å².